The van der Waals surface area contributed by atoms with E-state index in [1.165, 1.54) is 6.42 Å². The van der Waals surface area contributed by atoms with Crippen LogP contribution in [-0.4, -0.2) is 11.7 Å². The molecule has 0 saturated heterocycles. The van der Waals surface area contributed by atoms with Gasteiger partial charge in [0.15, 0.2) is 5.76 Å². The topological polar surface area (TPSA) is 38.1 Å². The molecule has 0 fully saturated rings. The van der Waals surface area contributed by atoms with Crippen molar-refractivity contribution in [3.8, 4) is 0 Å². The molecule has 0 aliphatic heterocycles. The lowest BCUT2D eigenvalue weighted by molar-refractivity contribution is 0.398. The van der Waals surface area contributed by atoms with Crippen LogP contribution in [0.4, 0.5) is 5.69 Å². The van der Waals surface area contributed by atoms with E-state index >= 15 is 0 Å². The van der Waals surface area contributed by atoms with Gasteiger partial charge < -0.3 is 9.84 Å². The molecule has 0 aliphatic rings. The van der Waals surface area contributed by atoms with Gasteiger partial charge in [0, 0.05) is 6.54 Å². The Labute approximate surface area is 73.1 Å². The second kappa shape index (κ2) is 4.14. The van der Waals surface area contributed by atoms with Crippen molar-refractivity contribution < 1.29 is 4.52 Å². The van der Waals surface area contributed by atoms with Crippen molar-refractivity contribution in [1.82, 2.24) is 5.16 Å². The molecule has 0 aromatic carbocycles. The molecule has 1 N–H and O–H groups in total. The number of hydrogen-bond donors (Lipinski definition) is 1. The number of aromatic nitrogens is 1. The summed E-state index contributed by atoms with van der Waals surface area (Å²) in [4.78, 5) is 0. The van der Waals surface area contributed by atoms with E-state index in [9.17, 15) is 0 Å². The number of rotatable bonds is 4. The molecule has 0 saturated carbocycles. The van der Waals surface area contributed by atoms with Crippen molar-refractivity contribution >= 4 is 5.69 Å². The third-order valence-corrected chi connectivity index (χ3v) is 1.79. The Bertz CT molecular complexity index is 230. The molecule has 0 radical (unpaired) electrons. The van der Waals surface area contributed by atoms with Gasteiger partial charge in [-0.05, 0) is 19.3 Å². The lowest BCUT2D eigenvalue weighted by Gasteiger charge is -2.05. The molecular weight excluding hydrogens is 152 g/mol. The Hall–Kier alpha value is -0.990. The molecule has 0 amide bonds. The normalized spacial score (nSPS) is 10.7. The summed E-state index contributed by atoms with van der Waals surface area (Å²) in [6.45, 7) is 7.31. The van der Waals surface area contributed by atoms with Crippen molar-refractivity contribution in [2.24, 2.45) is 5.92 Å². The summed E-state index contributed by atoms with van der Waals surface area (Å²) >= 11 is 0. The van der Waals surface area contributed by atoms with Gasteiger partial charge >= 0.3 is 0 Å². The minimum Gasteiger partial charge on any atom is -0.381 e. The fourth-order valence-corrected chi connectivity index (χ4v) is 0.964. The Morgan fingerprint density at radius 2 is 2.33 bits per heavy atom. The lowest BCUT2D eigenvalue weighted by Crippen LogP contribution is -2.04. The number of aryl methyl sites for hydroxylation is 1. The first-order valence-electron chi connectivity index (χ1n) is 4.35. The summed E-state index contributed by atoms with van der Waals surface area (Å²) in [5.74, 6) is 1.59. The van der Waals surface area contributed by atoms with Crippen LogP contribution in [0.5, 0.6) is 0 Å². The average Bonchev–Trinajstić information content (AvgIpc) is 2.36. The van der Waals surface area contributed by atoms with Gasteiger partial charge in [-0.3, -0.25) is 0 Å². The van der Waals surface area contributed by atoms with Crippen LogP contribution >= 0.6 is 0 Å². The Balaban J connectivity index is 2.29. The molecule has 0 aliphatic carbocycles. The Kier molecular flexibility index (Phi) is 3.14. The molecule has 12 heavy (non-hydrogen) atoms. The smallest absolute Gasteiger partial charge is 0.156 e. The predicted octanol–water partition coefficient (Wildman–Crippen LogP) is 2.44. The van der Waals surface area contributed by atoms with Gasteiger partial charge in [-0.25, -0.2) is 0 Å². The first-order valence-corrected chi connectivity index (χ1v) is 4.35. The second-order valence-corrected chi connectivity index (χ2v) is 3.40. The summed E-state index contributed by atoms with van der Waals surface area (Å²) in [5, 5.41) is 6.95. The molecule has 0 atom stereocenters. The van der Waals surface area contributed by atoms with Crippen molar-refractivity contribution in [2.45, 2.75) is 27.2 Å². The van der Waals surface area contributed by atoms with Crippen molar-refractivity contribution in [1.29, 1.82) is 0 Å². The van der Waals surface area contributed by atoms with E-state index < -0.39 is 0 Å². The summed E-state index contributed by atoms with van der Waals surface area (Å²) in [6.07, 6.45) is 2.89. The fraction of sp³-hybridized carbons (Fsp3) is 0.667. The summed E-state index contributed by atoms with van der Waals surface area (Å²) in [7, 11) is 0. The zero-order valence-electron chi connectivity index (χ0n) is 7.92. The van der Waals surface area contributed by atoms with Gasteiger partial charge in [0.05, 0.1) is 11.9 Å². The van der Waals surface area contributed by atoms with Crippen LogP contribution in [0.2, 0.25) is 0 Å². The molecule has 0 spiro atoms. The number of nitrogens with zero attached hydrogens (tertiary/aromatic N) is 1. The molecule has 68 valence electrons. The summed E-state index contributed by atoms with van der Waals surface area (Å²) in [6, 6.07) is 0. The summed E-state index contributed by atoms with van der Waals surface area (Å²) in [5.41, 5.74) is 1.01. The highest BCUT2D eigenvalue weighted by Gasteiger charge is 2.01. The van der Waals surface area contributed by atoms with E-state index in [1.807, 2.05) is 6.92 Å². The van der Waals surface area contributed by atoms with Gasteiger partial charge in [-0.1, -0.05) is 19.0 Å². The van der Waals surface area contributed by atoms with E-state index in [0.717, 1.165) is 23.9 Å². The van der Waals surface area contributed by atoms with E-state index in [2.05, 4.69) is 24.3 Å². The zero-order valence-corrected chi connectivity index (χ0v) is 7.92. The Morgan fingerprint density at radius 3 is 2.83 bits per heavy atom. The second-order valence-electron chi connectivity index (χ2n) is 3.40. The van der Waals surface area contributed by atoms with Gasteiger partial charge in [0.2, 0.25) is 0 Å². The molecule has 0 bridgehead atoms. The minimum absolute atomic E-state index is 0.734. The maximum Gasteiger partial charge on any atom is 0.156 e. The average molecular weight is 168 g/mol. The van der Waals surface area contributed by atoms with Crippen LogP contribution in [0, 0.1) is 12.8 Å². The SMILES string of the molecule is Cc1oncc1NCCC(C)C. The lowest BCUT2D eigenvalue weighted by atomic mass is 10.1. The zero-order chi connectivity index (χ0) is 8.97. The van der Waals surface area contributed by atoms with Crippen LogP contribution in [0.1, 0.15) is 26.0 Å². The number of nitrogens with one attached hydrogen (secondary N) is 1. The van der Waals surface area contributed by atoms with Gasteiger partial charge in [0.25, 0.3) is 0 Å². The third-order valence-electron chi connectivity index (χ3n) is 1.79. The van der Waals surface area contributed by atoms with Crippen LogP contribution in [-0.2, 0) is 0 Å². The molecule has 1 heterocycles. The van der Waals surface area contributed by atoms with Crippen LogP contribution in [0.15, 0.2) is 10.7 Å². The van der Waals surface area contributed by atoms with Crippen molar-refractivity contribution in [3.63, 3.8) is 0 Å². The van der Waals surface area contributed by atoms with Crippen LogP contribution in [0.25, 0.3) is 0 Å². The van der Waals surface area contributed by atoms with Gasteiger partial charge in [0.1, 0.15) is 0 Å². The van der Waals surface area contributed by atoms with Crippen molar-refractivity contribution in [3.05, 3.63) is 12.0 Å². The van der Waals surface area contributed by atoms with Crippen LogP contribution < -0.4 is 5.32 Å². The number of hydrogen-bond acceptors (Lipinski definition) is 3. The van der Waals surface area contributed by atoms with Gasteiger partial charge in [-0.2, -0.15) is 0 Å². The molecule has 3 heteroatoms. The number of anilines is 1. The predicted molar refractivity (Wildman–Crippen MR) is 49.2 cm³/mol. The molecule has 3 nitrogen and oxygen atoms in total. The molecule has 1 aromatic rings. The minimum atomic E-state index is 0.734. The van der Waals surface area contributed by atoms with E-state index in [4.69, 9.17) is 4.52 Å². The van der Waals surface area contributed by atoms with E-state index in [1.54, 1.807) is 6.20 Å². The monoisotopic (exact) mass is 168 g/mol. The highest BCUT2D eigenvalue weighted by atomic mass is 16.5. The quantitative estimate of drug-likeness (QED) is 0.750. The first-order chi connectivity index (χ1) is 5.70. The molecule has 1 rings (SSSR count). The Morgan fingerprint density at radius 1 is 1.58 bits per heavy atom. The van der Waals surface area contributed by atoms with Crippen molar-refractivity contribution in [2.75, 3.05) is 11.9 Å². The fourth-order valence-electron chi connectivity index (χ4n) is 0.964. The molecule has 0 unspecified atom stereocenters. The van der Waals surface area contributed by atoms with E-state index in [0.29, 0.717) is 0 Å². The maximum atomic E-state index is 4.91. The van der Waals surface area contributed by atoms with E-state index in [-0.39, 0.29) is 0 Å². The highest BCUT2D eigenvalue weighted by molar-refractivity contribution is 5.43. The summed E-state index contributed by atoms with van der Waals surface area (Å²) < 4.78 is 4.91. The van der Waals surface area contributed by atoms with Crippen LogP contribution in [0.3, 0.4) is 0 Å². The third kappa shape index (κ3) is 2.57. The maximum absolute atomic E-state index is 4.91. The molecule has 1 aromatic heterocycles. The molecular formula is C9H16N2O. The first kappa shape index (κ1) is 9.10. The highest BCUT2D eigenvalue weighted by Crippen LogP contribution is 2.12. The standard InChI is InChI=1S/C9H16N2O/c1-7(2)4-5-10-9-6-11-12-8(9)3/h6-7,10H,4-5H2,1-3H3. The van der Waals surface area contributed by atoms with Gasteiger partial charge in [-0.15, -0.1) is 0 Å². The largest absolute Gasteiger partial charge is 0.381 e.